The van der Waals surface area contributed by atoms with E-state index < -0.39 is 109 Å². The average Bonchev–Trinajstić information content (AvgIpc) is 0.940. The van der Waals surface area contributed by atoms with Crippen LogP contribution in [0.5, 0.6) is 0 Å². The van der Waals surface area contributed by atoms with Crippen LogP contribution < -0.4 is 54.0 Å². The highest BCUT2D eigenvalue weighted by atomic mass is 16.6. The third-order valence-corrected chi connectivity index (χ3v) is 19.2. The Morgan fingerprint density at radius 3 is 0.778 bits per heavy atom. The Labute approximate surface area is 846 Å². The van der Waals surface area contributed by atoms with Gasteiger partial charge in [-0.25, -0.2) is 0 Å². The number of nitrogens with two attached hydrogens (primary N) is 2. The van der Waals surface area contributed by atoms with Gasteiger partial charge in [-0.15, -0.1) is 26.3 Å². The molecule has 0 aromatic carbocycles. The summed E-state index contributed by atoms with van der Waals surface area (Å²) < 4.78 is 61.2. The number of esters is 4. The fourth-order valence-electron chi connectivity index (χ4n) is 11.4. The molecule has 0 aliphatic carbocycles. The van der Waals surface area contributed by atoms with Crippen LogP contribution in [0.15, 0.2) is 26.3 Å². The van der Waals surface area contributed by atoms with Crippen LogP contribution >= 0.6 is 0 Å². The largest absolute Gasteiger partial charge is 0.458 e. The van der Waals surface area contributed by atoms with Crippen molar-refractivity contribution in [2.24, 2.45) is 11.5 Å². The van der Waals surface area contributed by atoms with E-state index in [4.69, 9.17) is 63.6 Å². The molecule has 12 N–H and O–H groups in total. The van der Waals surface area contributed by atoms with E-state index in [0.29, 0.717) is 194 Å². The molecule has 4 atom stereocenters. The number of hydrogen-bond acceptors (Lipinski definition) is 36. The first kappa shape index (κ1) is 143. The third-order valence-electron chi connectivity index (χ3n) is 19.2. The summed E-state index contributed by atoms with van der Waals surface area (Å²) in [5.74, 6) is -8.04. The Hall–Kier alpha value is -11.6. The molecular weight excluding hydrogens is 1890 g/mol. The second-order valence-corrected chi connectivity index (χ2v) is 31.9. The van der Waals surface area contributed by atoms with Gasteiger partial charge < -0.3 is 111 Å². The molecule has 0 spiro atoms. The van der Waals surface area contributed by atoms with E-state index in [-0.39, 0.29) is 226 Å². The van der Waals surface area contributed by atoms with Crippen LogP contribution in [0.25, 0.3) is 0 Å². The molecule has 0 heterocycles. The Morgan fingerprint density at radius 1 is 0.229 bits per heavy atom. The lowest BCUT2D eigenvalue weighted by Crippen LogP contribution is -2.45. The van der Waals surface area contributed by atoms with Crippen molar-refractivity contribution in [2.45, 2.75) is 299 Å². The van der Waals surface area contributed by atoms with Gasteiger partial charge in [0.1, 0.15) is 94.5 Å². The summed E-state index contributed by atoms with van der Waals surface area (Å²) >= 11 is 0. The van der Waals surface area contributed by atoms with Gasteiger partial charge in [-0.05, 0) is 78.1 Å². The zero-order valence-corrected chi connectivity index (χ0v) is 86.6. The summed E-state index contributed by atoms with van der Waals surface area (Å²) in [6, 6.07) is -3.17. The first-order valence-corrected chi connectivity index (χ1v) is 48.7. The number of ether oxygens (including phenoxy) is 12. The zero-order chi connectivity index (χ0) is 110. The maximum Gasteiger partial charge on any atom is 0.313 e. The first-order valence-electron chi connectivity index (χ1n) is 48.7. The SMILES string of the molecule is C=C.C=C.CC(=O)NCCOCCOCC(=O)NC(CCCCCC(=O)CC(=O)COC(=O)CC(=O)CCCCCC(NC(=O)COCCOCCNC(C)=O)C(N)=O)C(C)=O.CC(=O)NCCOCCOCC(=O)NC(CCCCCC(=O)COC(=O)CCCCCC(NC(=O)COCCOCCNC(C)=O)C(N)=O)C(C)=O.CCC(=O)CCCC(=O)COC(=O)CCCC(=O)CC.CCC(=O)COC(=O)CC. The lowest BCUT2D eigenvalue weighted by Gasteiger charge is -2.16. The van der Waals surface area contributed by atoms with Crippen molar-refractivity contribution >= 4 is 141 Å². The summed E-state index contributed by atoms with van der Waals surface area (Å²) in [4.78, 5) is 278. The van der Waals surface area contributed by atoms with Gasteiger partial charge in [0.2, 0.25) is 59.1 Å². The molecule has 0 aliphatic heterocycles. The monoisotopic (exact) mass is 2060 g/mol. The highest BCUT2D eigenvalue weighted by molar-refractivity contribution is 6.01. The second kappa shape index (κ2) is 101. The smallest absolute Gasteiger partial charge is 0.313 e. The molecule has 10 amide bonds. The van der Waals surface area contributed by atoms with Crippen molar-refractivity contribution < 1.29 is 172 Å². The summed E-state index contributed by atoms with van der Waals surface area (Å²) in [6.45, 7) is 29.4. The van der Waals surface area contributed by atoms with E-state index in [2.05, 4.69) is 73.6 Å². The molecule has 144 heavy (non-hydrogen) atoms. The molecule has 824 valence electrons. The predicted octanol–water partition coefficient (Wildman–Crippen LogP) is 3.60. The molecule has 46 heteroatoms. The third kappa shape index (κ3) is 105. The van der Waals surface area contributed by atoms with Gasteiger partial charge in [-0.2, -0.15) is 0 Å². The molecule has 4 unspecified atom stereocenters. The molecular formula is C98H166N10O36. The van der Waals surface area contributed by atoms with Gasteiger partial charge in [0.15, 0.2) is 34.7 Å². The zero-order valence-electron chi connectivity index (χ0n) is 86.6. The molecule has 0 aromatic rings. The summed E-state index contributed by atoms with van der Waals surface area (Å²) in [7, 11) is 0. The lowest BCUT2D eigenvalue weighted by atomic mass is 10.0. The van der Waals surface area contributed by atoms with Crippen molar-refractivity contribution in [1.29, 1.82) is 0 Å². The fourth-order valence-corrected chi connectivity index (χ4v) is 11.4. The van der Waals surface area contributed by atoms with Gasteiger partial charge in [-0.1, -0.05) is 79.1 Å². The number of Topliss-reactive ketones (excluding diaryl/α,β-unsaturated/α-hetero) is 10. The number of primary amides is 2. The van der Waals surface area contributed by atoms with Crippen molar-refractivity contribution in [3.05, 3.63) is 26.3 Å². The molecule has 0 aromatic heterocycles. The van der Waals surface area contributed by atoms with E-state index in [1.165, 1.54) is 41.5 Å². The normalized spacial score (nSPS) is 11.1. The minimum Gasteiger partial charge on any atom is -0.458 e. The van der Waals surface area contributed by atoms with Crippen LogP contribution in [0.1, 0.15) is 275 Å². The number of carbonyl (C=O) groups excluding carboxylic acids is 24. The minimum absolute atomic E-state index is 0.0400. The minimum atomic E-state index is -0.925. The highest BCUT2D eigenvalue weighted by Crippen LogP contribution is 2.14. The van der Waals surface area contributed by atoms with Crippen LogP contribution in [-0.2, 0) is 172 Å². The molecule has 0 radical (unpaired) electrons. The van der Waals surface area contributed by atoms with Gasteiger partial charge in [0.05, 0.1) is 97.8 Å². The highest BCUT2D eigenvalue weighted by Gasteiger charge is 2.24. The standard InChI is InChI=1S/C38H63N5O15.C34H59N5O13.C15H24O5.C7H12O3.2C2H4/c1-27(44)33(42-35(50)25-56-20-18-54-16-14-40-28(2)45)12-8-4-6-10-30(47)22-32(49)24-58-37(52)23-31(48)11-7-5-9-13-34(38(39)53)43-36(51)26-57-21-19-55-17-15-41-29(3)46;1-25(40)29(38-31(44)23-50-20-18-48-16-14-36-26(2)41)11-7-4-6-10-28(43)22-52-33(46)13-9-5-8-12-30(34(35)47)39-32(45)24-51-21-19-49-17-15-37-27(3)42;1-3-12(16)7-5-9-14(18)11-20-15(19)10-6-8-13(17)4-2;1-3-6(8)5-10-7(9)4-2;2*1-2/h33-34H,4-26H2,1-3H3,(H2,39,53)(H,40,45)(H,41,46)(H,42,50)(H,43,51);29-30H,4-24H2,1-3H3,(H2,35,47)(H,36,41)(H,37,42)(H,38,44)(H,39,45);3-11H2,1-2H3;3-5H2,1-2H3;2*1-2H2. The molecule has 0 bridgehead atoms. The Morgan fingerprint density at radius 2 is 0.472 bits per heavy atom. The summed E-state index contributed by atoms with van der Waals surface area (Å²) in [6.07, 6.45) is 11.0. The number of amides is 10. The van der Waals surface area contributed by atoms with Crippen LogP contribution in [0, 0.1) is 0 Å². The van der Waals surface area contributed by atoms with Crippen molar-refractivity contribution in [1.82, 2.24) is 42.5 Å². The maximum absolute atomic E-state index is 12.2. The van der Waals surface area contributed by atoms with E-state index in [1.807, 2.05) is 0 Å². The molecule has 0 aliphatic rings. The van der Waals surface area contributed by atoms with E-state index >= 15 is 0 Å². The van der Waals surface area contributed by atoms with Crippen LogP contribution in [-0.4, -0.2) is 323 Å². The maximum atomic E-state index is 12.2. The summed E-state index contributed by atoms with van der Waals surface area (Å²) in [5.41, 5.74) is 10.8. The van der Waals surface area contributed by atoms with E-state index in [0.717, 1.165) is 0 Å². The van der Waals surface area contributed by atoms with Crippen molar-refractivity contribution in [2.75, 3.05) is 158 Å². The molecule has 0 rings (SSSR count). The van der Waals surface area contributed by atoms with E-state index in [9.17, 15) is 115 Å². The quantitative estimate of drug-likeness (QED) is 0.0137. The fraction of sp³-hybridized carbons (Fsp3) is 0.714. The number of unbranched alkanes of at least 4 members (excludes halogenated alkanes) is 8. The van der Waals surface area contributed by atoms with Gasteiger partial charge in [0.25, 0.3) is 0 Å². The van der Waals surface area contributed by atoms with E-state index in [1.54, 1.807) is 27.7 Å². The second-order valence-electron chi connectivity index (χ2n) is 31.9. The average molecular weight is 2060 g/mol. The molecule has 0 saturated heterocycles. The van der Waals surface area contributed by atoms with Crippen LogP contribution in [0.2, 0.25) is 0 Å². The number of nitrogens with one attached hydrogen (secondary N) is 8. The summed E-state index contributed by atoms with van der Waals surface area (Å²) in [5, 5.41) is 20.6. The first-order chi connectivity index (χ1) is 68.6. The Bertz CT molecular complexity index is 3520. The van der Waals surface area contributed by atoms with Gasteiger partial charge in [0, 0.05) is 131 Å². The topological polar surface area (TPSA) is 669 Å². The van der Waals surface area contributed by atoms with Crippen molar-refractivity contribution in [3.8, 4) is 0 Å². The number of carbonyl (C=O) groups is 24. The number of hydrogen-bond donors (Lipinski definition) is 10. The van der Waals surface area contributed by atoms with Gasteiger partial charge in [-0.3, -0.25) is 115 Å². The van der Waals surface area contributed by atoms with Gasteiger partial charge >= 0.3 is 23.9 Å². The lowest BCUT2D eigenvalue weighted by molar-refractivity contribution is -0.150. The molecule has 0 fully saturated rings. The Kier molecular flexibility index (Phi) is 101. The number of ketones is 10. The van der Waals surface area contributed by atoms with Crippen LogP contribution in [0.3, 0.4) is 0 Å². The molecule has 46 nitrogen and oxygen atoms in total. The predicted molar refractivity (Wildman–Crippen MR) is 526 cm³/mol. The number of rotatable bonds is 88. The Balaban J connectivity index is -0.000000501. The van der Waals surface area contributed by atoms with Crippen LogP contribution in [0.4, 0.5) is 0 Å². The molecule has 0 saturated carbocycles. The van der Waals surface area contributed by atoms with Crippen molar-refractivity contribution in [3.63, 3.8) is 0 Å².